The van der Waals surface area contributed by atoms with Crippen LogP contribution in [0.25, 0.3) is 11.3 Å². The molecule has 0 saturated carbocycles. The van der Waals surface area contributed by atoms with E-state index in [9.17, 15) is 4.39 Å². The molecule has 3 rings (SSSR count). The minimum atomic E-state index is -0.346. The zero-order valence-electron chi connectivity index (χ0n) is 11.0. The number of halogens is 2. The lowest BCUT2D eigenvalue weighted by Gasteiger charge is -2.03. The topological polar surface area (TPSA) is 24.9 Å². The maximum atomic E-state index is 13.1. The van der Waals surface area contributed by atoms with E-state index in [0.29, 0.717) is 11.6 Å². The van der Waals surface area contributed by atoms with Crippen molar-refractivity contribution in [2.75, 3.05) is 5.32 Å². The van der Waals surface area contributed by atoms with E-state index in [4.69, 9.17) is 11.6 Å². The number of benzene rings is 2. The Morgan fingerprint density at radius 2 is 1.95 bits per heavy atom. The van der Waals surface area contributed by atoms with Crippen molar-refractivity contribution in [1.29, 1.82) is 0 Å². The fraction of sp³-hybridized carbons (Fsp3) is 0.0625. The van der Waals surface area contributed by atoms with Crippen LogP contribution in [0.2, 0.25) is 5.02 Å². The van der Waals surface area contributed by atoms with E-state index in [-0.39, 0.29) is 5.82 Å². The summed E-state index contributed by atoms with van der Waals surface area (Å²) in [7, 11) is 0. The molecular weight excluding hydrogens is 307 g/mol. The smallest absolute Gasteiger partial charge is 0.183 e. The van der Waals surface area contributed by atoms with Crippen molar-refractivity contribution >= 4 is 28.1 Å². The number of hydrogen-bond acceptors (Lipinski definition) is 3. The van der Waals surface area contributed by atoms with E-state index in [0.717, 1.165) is 16.4 Å². The molecule has 0 radical (unpaired) electrons. The van der Waals surface area contributed by atoms with Crippen molar-refractivity contribution in [3.63, 3.8) is 0 Å². The van der Waals surface area contributed by atoms with Crippen molar-refractivity contribution in [1.82, 2.24) is 4.98 Å². The van der Waals surface area contributed by atoms with Gasteiger partial charge in [0.05, 0.1) is 10.7 Å². The number of rotatable bonds is 4. The number of nitrogens with one attached hydrogen (secondary N) is 1. The van der Waals surface area contributed by atoms with Crippen molar-refractivity contribution in [2.45, 2.75) is 6.54 Å². The Morgan fingerprint density at radius 1 is 1.14 bits per heavy atom. The summed E-state index contributed by atoms with van der Waals surface area (Å²) in [6, 6.07) is 14.4. The van der Waals surface area contributed by atoms with Crippen LogP contribution in [0.3, 0.4) is 0 Å². The molecule has 1 aromatic heterocycles. The first-order valence-corrected chi connectivity index (χ1v) is 7.67. The Balaban J connectivity index is 1.74. The zero-order chi connectivity index (χ0) is 14.7. The van der Waals surface area contributed by atoms with E-state index in [1.807, 2.05) is 23.6 Å². The van der Waals surface area contributed by atoms with Gasteiger partial charge in [0.1, 0.15) is 5.82 Å². The Morgan fingerprint density at radius 3 is 2.71 bits per heavy atom. The Bertz CT molecular complexity index is 743. The van der Waals surface area contributed by atoms with E-state index in [1.54, 1.807) is 6.07 Å². The molecule has 106 valence electrons. The summed E-state index contributed by atoms with van der Waals surface area (Å²) in [6.45, 7) is 0.713. The first-order valence-electron chi connectivity index (χ1n) is 6.41. The monoisotopic (exact) mass is 318 g/mol. The SMILES string of the molecule is Fc1ccc(-c2csc(NCc3ccccc3)n2)c(Cl)c1. The van der Waals surface area contributed by atoms with E-state index >= 15 is 0 Å². The molecule has 1 heterocycles. The van der Waals surface area contributed by atoms with Crippen LogP contribution in [-0.2, 0) is 6.54 Å². The van der Waals surface area contributed by atoms with Crippen molar-refractivity contribution < 1.29 is 4.39 Å². The van der Waals surface area contributed by atoms with Gasteiger partial charge in [0.15, 0.2) is 5.13 Å². The summed E-state index contributed by atoms with van der Waals surface area (Å²) < 4.78 is 13.1. The number of anilines is 1. The fourth-order valence-electron chi connectivity index (χ4n) is 1.95. The molecule has 0 atom stereocenters. The molecule has 0 aliphatic heterocycles. The average Bonchev–Trinajstić information content (AvgIpc) is 2.95. The Hall–Kier alpha value is -1.91. The van der Waals surface area contributed by atoms with Crippen LogP contribution in [0, 0.1) is 5.82 Å². The second kappa shape index (κ2) is 6.24. The predicted molar refractivity (Wildman–Crippen MR) is 86.3 cm³/mol. The number of thiazole rings is 1. The molecule has 1 N–H and O–H groups in total. The third-order valence-electron chi connectivity index (χ3n) is 3.00. The van der Waals surface area contributed by atoms with Crippen LogP contribution in [0.15, 0.2) is 53.9 Å². The maximum Gasteiger partial charge on any atom is 0.183 e. The third-order valence-corrected chi connectivity index (χ3v) is 4.11. The molecule has 3 aromatic rings. The highest BCUT2D eigenvalue weighted by molar-refractivity contribution is 7.14. The van der Waals surface area contributed by atoms with Gasteiger partial charge < -0.3 is 5.32 Å². The summed E-state index contributed by atoms with van der Waals surface area (Å²) in [5, 5.41) is 6.37. The highest BCUT2D eigenvalue weighted by atomic mass is 35.5. The minimum absolute atomic E-state index is 0.346. The highest BCUT2D eigenvalue weighted by Crippen LogP contribution is 2.31. The van der Waals surface area contributed by atoms with Gasteiger partial charge >= 0.3 is 0 Å². The van der Waals surface area contributed by atoms with E-state index in [1.165, 1.54) is 29.0 Å². The van der Waals surface area contributed by atoms with Crippen LogP contribution >= 0.6 is 22.9 Å². The molecule has 0 saturated heterocycles. The summed E-state index contributed by atoms with van der Waals surface area (Å²) in [5.41, 5.74) is 2.68. The molecule has 0 unspecified atom stereocenters. The average molecular weight is 319 g/mol. The molecule has 2 nitrogen and oxygen atoms in total. The molecular formula is C16H12ClFN2S. The number of aromatic nitrogens is 1. The van der Waals surface area contributed by atoms with Crippen molar-refractivity contribution in [3.8, 4) is 11.3 Å². The summed E-state index contributed by atoms with van der Waals surface area (Å²) >= 11 is 7.55. The predicted octanol–water partition coefficient (Wildman–Crippen LogP) is 5.21. The van der Waals surface area contributed by atoms with Gasteiger partial charge in [0.2, 0.25) is 0 Å². The van der Waals surface area contributed by atoms with E-state index < -0.39 is 0 Å². The van der Waals surface area contributed by atoms with E-state index in [2.05, 4.69) is 22.4 Å². The van der Waals surface area contributed by atoms with Crippen LogP contribution in [0.5, 0.6) is 0 Å². The van der Waals surface area contributed by atoms with Crippen molar-refractivity contribution in [3.05, 3.63) is 70.3 Å². The molecule has 0 bridgehead atoms. The summed E-state index contributed by atoms with van der Waals surface area (Å²) in [5.74, 6) is -0.346. The summed E-state index contributed by atoms with van der Waals surface area (Å²) in [6.07, 6.45) is 0. The lowest BCUT2D eigenvalue weighted by Crippen LogP contribution is -1.98. The molecule has 5 heteroatoms. The first kappa shape index (κ1) is 14.0. The highest BCUT2D eigenvalue weighted by Gasteiger charge is 2.09. The lowest BCUT2D eigenvalue weighted by molar-refractivity contribution is 0.628. The second-order valence-corrected chi connectivity index (χ2v) is 5.77. The van der Waals surface area contributed by atoms with Gasteiger partial charge in [-0.3, -0.25) is 0 Å². The third kappa shape index (κ3) is 3.40. The molecule has 0 spiro atoms. The minimum Gasteiger partial charge on any atom is -0.357 e. The number of nitrogens with zero attached hydrogens (tertiary/aromatic N) is 1. The molecule has 0 aliphatic rings. The van der Waals surface area contributed by atoms with Crippen LogP contribution in [0.4, 0.5) is 9.52 Å². The standard InChI is InChI=1S/C16H12ClFN2S/c17-14-8-12(18)6-7-13(14)15-10-21-16(20-15)19-9-11-4-2-1-3-5-11/h1-8,10H,9H2,(H,19,20). The van der Waals surface area contributed by atoms with Gasteiger partial charge in [-0.15, -0.1) is 11.3 Å². The normalized spacial score (nSPS) is 10.6. The van der Waals surface area contributed by atoms with Crippen molar-refractivity contribution in [2.24, 2.45) is 0 Å². The molecule has 0 aliphatic carbocycles. The van der Waals surface area contributed by atoms with Gasteiger partial charge in [0, 0.05) is 17.5 Å². The Kier molecular flexibility index (Phi) is 4.18. The first-order chi connectivity index (χ1) is 10.2. The lowest BCUT2D eigenvalue weighted by atomic mass is 10.2. The largest absolute Gasteiger partial charge is 0.357 e. The van der Waals surface area contributed by atoms with Crippen LogP contribution < -0.4 is 5.32 Å². The maximum absolute atomic E-state index is 13.1. The number of hydrogen-bond donors (Lipinski definition) is 1. The van der Waals surface area contributed by atoms with Gasteiger partial charge in [-0.1, -0.05) is 41.9 Å². The Labute approximate surface area is 131 Å². The molecule has 2 aromatic carbocycles. The second-order valence-electron chi connectivity index (χ2n) is 4.50. The quantitative estimate of drug-likeness (QED) is 0.714. The fourth-order valence-corrected chi connectivity index (χ4v) is 2.92. The summed E-state index contributed by atoms with van der Waals surface area (Å²) in [4.78, 5) is 4.49. The van der Waals surface area contributed by atoms with Gasteiger partial charge in [-0.05, 0) is 23.8 Å². The van der Waals surface area contributed by atoms with Gasteiger partial charge in [0.25, 0.3) is 0 Å². The van der Waals surface area contributed by atoms with Gasteiger partial charge in [-0.25, -0.2) is 9.37 Å². The molecule has 0 fully saturated rings. The molecule has 0 amide bonds. The van der Waals surface area contributed by atoms with Crippen LogP contribution in [0.1, 0.15) is 5.56 Å². The molecule has 21 heavy (non-hydrogen) atoms. The van der Waals surface area contributed by atoms with Gasteiger partial charge in [-0.2, -0.15) is 0 Å². The zero-order valence-corrected chi connectivity index (χ0v) is 12.6. The van der Waals surface area contributed by atoms with Crippen LogP contribution in [-0.4, -0.2) is 4.98 Å².